The summed E-state index contributed by atoms with van der Waals surface area (Å²) in [7, 11) is -3.43. The van der Waals surface area contributed by atoms with Gasteiger partial charge in [-0.2, -0.15) is 0 Å². The van der Waals surface area contributed by atoms with Crippen molar-refractivity contribution in [3.63, 3.8) is 0 Å². The molecule has 34 heavy (non-hydrogen) atoms. The molecule has 0 aliphatic heterocycles. The van der Waals surface area contributed by atoms with Crippen LogP contribution in [-0.4, -0.2) is 35.7 Å². The largest absolute Gasteiger partial charge is 0.573 e. The van der Waals surface area contributed by atoms with E-state index in [1.54, 1.807) is 48.0 Å². The first-order valence-corrected chi connectivity index (χ1v) is 11.9. The van der Waals surface area contributed by atoms with Crippen molar-refractivity contribution in [3.05, 3.63) is 72.1 Å². The van der Waals surface area contributed by atoms with Crippen LogP contribution in [0.4, 0.5) is 18.9 Å². The molecule has 4 aromatic rings. The number of nitrogens with zero attached hydrogens (tertiary/aromatic N) is 2. The average molecular weight is 491 g/mol. The van der Waals surface area contributed by atoms with Gasteiger partial charge >= 0.3 is 6.36 Å². The Morgan fingerprint density at radius 1 is 1.12 bits per heavy atom. The minimum absolute atomic E-state index is 0.0188. The minimum atomic E-state index is -4.76. The van der Waals surface area contributed by atoms with Crippen LogP contribution in [0.3, 0.4) is 0 Å². The maximum absolute atomic E-state index is 12.4. The summed E-state index contributed by atoms with van der Waals surface area (Å²) in [6.07, 6.45) is -1.97. The molecular weight excluding hydrogens is 471 g/mol. The van der Waals surface area contributed by atoms with Crippen molar-refractivity contribution in [2.24, 2.45) is 0 Å². The van der Waals surface area contributed by atoms with Crippen LogP contribution in [0.15, 0.2) is 60.8 Å². The fraction of sp³-hybridized carbons (Fsp3) is 0.174. The number of hydrogen-bond acceptors (Lipinski definition) is 5. The van der Waals surface area contributed by atoms with Gasteiger partial charge in [-0.1, -0.05) is 24.3 Å². The van der Waals surface area contributed by atoms with Crippen LogP contribution in [0.25, 0.3) is 22.0 Å². The van der Waals surface area contributed by atoms with Crippen molar-refractivity contribution in [2.45, 2.75) is 19.8 Å². The van der Waals surface area contributed by atoms with Gasteiger partial charge in [0.2, 0.25) is 15.9 Å². The molecule has 4 rings (SSSR count). The van der Waals surface area contributed by atoms with Crippen molar-refractivity contribution in [2.75, 3.05) is 11.0 Å². The number of sulfonamides is 1. The van der Waals surface area contributed by atoms with Gasteiger partial charge in [0.15, 0.2) is 0 Å². The van der Waals surface area contributed by atoms with E-state index in [1.165, 1.54) is 24.3 Å². The number of nitrogens with one attached hydrogen (secondary N) is 1. The van der Waals surface area contributed by atoms with Crippen LogP contribution in [0.1, 0.15) is 11.3 Å². The molecule has 2 aromatic carbocycles. The molecular formula is C23H20F3N3O4S. The number of ether oxygens (including phenoxy) is 1. The third-order valence-corrected chi connectivity index (χ3v) is 5.60. The maximum atomic E-state index is 12.4. The van der Waals surface area contributed by atoms with Gasteiger partial charge in [-0.05, 0) is 42.8 Å². The van der Waals surface area contributed by atoms with Crippen LogP contribution in [0.5, 0.6) is 11.6 Å². The fourth-order valence-corrected chi connectivity index (χ4v) is 4.24. The lowest BCUT2D eigenvalue weighted by molar-refractivity contribution is -0.274. The van der Waals surface area contributed by atoms with Gasteiger partial charge < -0.3 is 14.4 Å². The summed E-state index contributed by atoms with van der Waals surface area (Å²) in [5.74, 6) is -0.343. The van der Waals surface area contributed by atoms with E-state index in [4.69, 9.17) is 0 Å². The Labute approximate surface area is 193 Å². The van der Waals surface area contributed by atoms with E-state index in [0.29, 0.717) is 39.0 Å². The number of rotatable bonds is 6. The normalized spacial score (nSPS) is 12.1. The standard InChI is InChI=1S/C23H20F3N3O4S/c1-14-21-17(11-20(27-14)16-4-3-5-18(10-16)28-34(2,31)32)13-29(22(21)30)12-15-6-8-19(9-7-15)33-23(24,25)26/h3-11,13,28,30H,12H2,1-2H3. The Bertz CT molecular complexity index is 1460. The molecule has 0 aliphatic carbocycles. The lowest BCUT2D eigenvalue weighted by Crippen LogP contribution is -2.17. The number of halogens is 3. The zero-order valence-electron chi connectivity index (χ0n) is 18.1. The van der Waals surface area contributed by atoms with Crippen molar-refractivity contribution in [1.82, 2.24) is 9.55 Å². The van der Waals surface area contributed by atoms with Crippen LogP contribution in [0, 0.1) is 6.92 Å². The Hall–Kier alpha value is -3.73. The van der Waals surface area contributed by atoms with E-state index in [-0.39, 0.29) is 18.2 Å². The Morgan fingerprint density at radius 3 is 2.47 bits per heavy atom. The molecule has 0 saturated carbocycles. The third kappa shape index (κ3) is 5.42. The first kappa shape index (κ1) is 23.4. The monoisotopic (exact) mass is 491 g/mol. The van der Waals surface area contributed by atoms with Crippen molar-refractivity contribution in [3.8, 4) is 22.9 Å². The molecule has 2 aromatic heterocycles. The molecule has 11 heteroatoms. The highest BCUT2D eigenvalue weighted by atomic mass is 32.2. The third-order valence-electron chi connectivity index (χ3n) is 4.99. The molecule has 2 heterocycles. The van der Waals surface area contributed by atoms with Crippen molar-refractivity contribution >= 4 is 26.5 Å². The van der Waals surface area contributed by atoms with E-state index < -0.39 is 16.4 Å². The van der Waals surface area contributed by atoms with E-state index in [2.05, 4.69) is 14.4 Å². The summed E-state index contributed by atoms with van der Waals surface area (Å²) in [6, 6.07) is 14.0. The number of fused-ring (bicyclic) bond motifs is 1. The van der Waals surface area contributed by atoms with Crippen molar-refractivity contribution in [1.29, 1.82) is 0 Å². The lowest BCUT2D eigenvalue weighted by atomic mass is 10.1. The van der Waals surface area contributed by atoms with Crippen LogP contribution in [0.2, 0.25) is 0 Å². The predicted octanol–water partition coefficient (Wildman–Crippen LogP) is 5.04. The van der Waals surface area contributed by atoms with Crippen molar-refractivity contribution < 1.29 is 31.4 Å². The van der Waals surface area contributed by atoms with Crippen LogP contribution < -0.4 is 9.46 Å². The molecule has 0 aliphatic rings. The lowest BCUT2D eigenvalue weighted by Gasteiger charge is -2.10. The first-order chi connectivity index (χ1) is 15.9. The van der Waals surface area contributed by atoms with Gasteiger partial charge in [-0.15, -0.1) is 13.2 Å². The van der Waals surface area contributed by atoms with E-state index in [9.17, 15) is 26.7 Å². The summed E-state index contributed by atoms with van der Waals surface area (Å²) in [6.45, 7) is 1.97. The smallest absolute Gasteiger partial charge is 0.494 e. The Kier molecular flexibility index (Phi) is 5.90. The highest BCUT2D eigenvalue weighted by Crippen LogP contribution is 2.34. The number of pyridine rings is 1. The fourth-order valence-electron chi connectivity index (χ4n) is 3.68. The number of alkyl halides is 3. The number of hydrogen-bond donors (Lipinski definition) is 2. The summed E-state index contributed by atoms with van der Waals surface area (Å²) in [5.41, 5.74) is 2.91. The second-order valence-corrected chi connectivity index (χ2v) is 9.53. The number of aromatic nitrogens is 2. The highest BCUT2D eigenvalue weighted by Gasteiger charge is 2.31. The van der Waals surface area contributed by atoms with Crippen LogP contribution >= 0.6 is 0 Å². The molecule has 0 bridgehead atoms. The zero-order chi connectivity index (χ0) is 24.7. The molecule has 2 N–H and O–H groups in total. The second kappa shape index (κ2) is 8.56. The molecule has 0 unspecified atom stereocenters. The summed E-state index contributed by atoms with van der Waals surface area (Å²) >= 11 is 0. The van der Waals surface area contributed by atoms with Gasteiger partial charge in [0.25, 0.3) is 0 Å². The van der Waals surface area contributed by atoms with Gasteiger partial charge in [-0.3, -0.25) is 9.71 Å². The predicted molar refractivity (Wildman–Crippen MR) is 122 cm³/mol. The van der Waals surface area contributed by atoms with E-state index >= 15 is 0 Å². The van der Waals surface area contributed by atoms with Gasteiger partial charge in [-0.25, -0.2) is 8.42 Å². The van der Waals surface area contributed by atoms with Gasteiger partial charge in [0.1, 0.15) is 5.75 Å². The number of aromatic hydroxyl groups is 1. The number of benzene rings is 2. The first-order valence-electron chi connectivity index (χ1n) is 10.0. The Balaban J connectivity index is 1.64. The second-order valence-electron chi connectivity index (χ2n) is 7.78. The van der Waals surface area contributed by atoms with Gasteiger partial charge in [0, 0.05) is 22.8 Å². The highest BCUT2D eigenvalue weighted by molar-refractivity contribution is 7.92. The number of aryl methyl sites for hydroxylation is 1. The van der Waals surface area contributed by atoms with E-state index in [0.717, 1.165) is 6.26 Å². The van der Waals surface area contributed by atoms with Gasteiger partial charge in [0.05, 0.1) is 29.6 Å². The molecule has 0 atom stereocenters. The molecule has 0 amide bonds. The minimum Gasteiger partial charge on any atom is -0.494 e. The molecule has 0 fully saturated rings. The quantitative estimate of drug-likeness (QED) is 0.394. The maximum Gasteiger partial charge on any atom is 0.573 e. The summed E-state index contributed by atoms with van der Waals surface area (Å²) in [4.78, 5) is 4.56. The SMILES string of the molecule is Cc1nc(-c2cccc(NS(C)(=O)=O)c2)cc2cn(Cc3ccc(OC(F)(F)F)cc3)c(O)c12. The molecule has 0 radical (unpaired) electrons. The summed E-state index contributed by atoms with van der Waals surface area (Å²) < 4.78 is 68.0. The molecule has 7 nitrogen and oxygen atoms in total. The summed E-state index contributed by atoms with van der Waals surface area (Å²) in [5, 5.41) is 12.0. The average Bonchev–Trinajstić information content (AvgIpc) is 3.03. The molecule has 178 valence electrons. The molecule has 0 spiro atoms. The van der Waals surface area contributed by atoms with E-state index in [1.807, 2.05) is 0 Å². The molecule has 0 saturated heterocycles. The van der Waals surface area contributed by atoms with Crippen LogP contribution in [-0.2, 0) is 16.6 Å². The Morgan fingerprint density at radius 2 is 1.82 bits per heavy atom. The topological polar surface area (TPSA) is 93.5 Å². The zero-order valence-corrected chi connectivity index (χ0v) is 18.9. The number of anilines is 1.